The van der Waals surface area contributed by atoms with Crippen LogP contribution in [0.2, 0.25) is 0 Å². The maximum absolute atomic E-state index is 11.2. The smallest absolute Gasteiger partial charge is 0.233 e. The van der Waals surface area contributed by atoms with Crippen LogP contribution >= 0.6 is 11.8 Å². The van der Waals surface area contributed by atoms with Gasteiger partial charge in [0.05, 0.1) is 0 Å². The van der Waals surface area contributed by atoms with Gasteiger partial charge in [-0.2, -0.15) is 15.0 Å². The molecule has 4 atom stereocenters. The van der Waals surface area contributed by atoms with Crippen molar-refractivity contribution in [1.82, 2.24) is 15.0 Å². The summed E-state index contributed by atoms with van der Waals surface area (Å²) in [6.45, 7) is 19.4. The highest BCUT2D eigenvalue weighted by Gasteiger charge is 2.21. The Balaban J connectivity index is 2.02. The molecule has 0 bridgehead atoms. The van der Waals surface area contributed by atoms with Crippen LogP contribution < -0.4 is 10.6 Å². The fraction of sp³-hybridized carbons (Fsp3) is 0.615. The van der Waals surface area contributed by atoms with E-state index in [2.05, 4.69) is 72.9 Å². The lowest BCUT2D eigenvalue weighted by molar-refractivity contribution is 0.448. The van der Waals surface area contributed by atoms with E-state index in [1.165, 1.54) is 32.1 Å². The minimum Gasteiger partial charge on any atom is -0.507 e. The molecule has 8 heteroatoms. The number of thioether (sulfide) groups is 1. The van der Waals surface area contributed by atoms with E-state index in [1.807, 2.05) is 24.3 Å². The Labute approximate surface area is 289 Å². The van der Waals surface area contributed by atoms with Crippen molar-refractivity contribution in [3.05, 3.63) is 46.5 Å². The quantitative estimate of drug-likeness (QED) is 0.0538. The monoisotopic (exact) mass is 663 g/mol. The zero-order chi connectivity index (χ0) is 34.5. The second-order valence-electron chi connectivity index (χ2n) is 13.4. The van der Waals surface area contributed by atoms with Gasteiger partial charge in [-0.15, -0.1) is 0 Å². The molecule has 0 aliphatic heterocycles. The lowest BCUT2D eigenvalue weighted by atomic mass is 9.89. The van der Waals surface area contributed by atoms with Gasteiger partial charge in [-0.3, -0.25) is 0 Å². The number of anilines is 4. The SMILES string of the molecule is CCCCCCCCSc1nc(Nc2cc(C(C)CC)c(O)c(C(C)CC)c2)nc(Nc2cc(C(C)CC)c(O)c(C(C)CC)c2)n1. The molecule has 3 rings (SSSR count). The van der Waals surface area contributed by atoms with Crippen LogP contribution in [0.25, 0.3) is 0 Å². The van der Waals surface area contributed by atoms with Gasteiger partial charge in [0.2, 0.25) is 11.9 Å². The van der Waals surface area contributed by atoms with Gasteiger partial charge in [0.15, 0.2) is 5.16 Å². The standard InChI is InChI=1S/C39H61N5O2S/c1-10-15-16-17-18-19-20-47-39-43-37(40-29-21-31(25(6)11-2)35(45)32(22-29)26(7)12-3)42-38(44-39)41-30-23-33(27(8)13-4)36(46)34(24-30)28(9)14-5/h21-28,45-46H,10-20H2,1-9H3,(H2,40,41,42,43,44). The van der Waals surface area contributed by atoms with E-state index >= 15 is 0 Å². The molecule has 1 aromatic heterocycles. The van der Waals surface area contributed by atoms with Gasteiger partial charge < -0.3 is 20.8 Å². The lowest BCUT2D eigenvalue weighted by Crippen LogP contribution is -2.08. The molecule has 0 spiro atoms. The number of aromatic hydroxyl groups is 2. The van der Waals surface area contributed by atoms with Crippen molar-refractivity contribution in [2.45, 2.75) is 155 Å². The Morgan fingerprint density at radius 2 is 0.915 bits per heavy atom. The first-order valence-corrected chi connectivity index (χ1v) is 19.2. The zero-order valence-corrected chi connectivity index (χ0v) is 31.4. The van der Waals surface area contributed by atoms with Crippen LogP contribution in [0.3, 0.4) is 0 Å². The van der Waals surface area contributed by atoms with Crippen molar-refractivity contribution in [1.29, 1.82) is 0 Å². The van der Waals surface area contributed by atoms with Crippen molar-refractivity contribution < 1.29 is 10.2 Å². The summed E-state index contributed by atoms with van der Waals surface area (Å²) in [5, 5.41) is 30.0. The van der Waals surface area contributed by atoms with E-state index in [0.717, 1.165) is 71.5 Å². The summed E-state index contributed by atoms with van der Waals surface area (Å²) in [5.74, 6) is 3.53. The number of nitrogens with one attached hydrogen (secondary N) is 2. The molecule has 0 amide bonds. The van der Waals surface area contributed by atoms with Gasteiger partial charge in [0.25, 0.3) is 0 Å². The van der Waals surface area contributed by atoms with Crippen LogP contribution in [-0.2, 0) is 0 Å². The third-order valence-electron chi connectivity index (χ3n) is 9.77. The highest BCUT2D eigenvalue weighted by Crippen LogP contribution is 2.41. The van der Waals surface area contributed by atoms with Gasteiger partial charge in [0, 0.05) is 17.1 Å². The van der Waals surface area contributed by atoms with Gasteiger partial charge in [-0.25, -0.2) is 0 Å². The summed E-state index contributed by atoms with van der Waals surface area (Å²) in [6, 6.07) is 8.14. The molecule has 0 fully saturated rings. The van der Waals surface area contributed by atoms with E-state index in [1.54, 1.807) is 11.8 Å². The van der Waals surface area contributed by atoms with Crippen LogP contribution in [0.5, 0.6) is 11.5 Å². The normalized spacial score (nSPS) is 14.1. The largest absolute Gasteiger partial charge is 0.507 e. The predicted molar refractivity (Wildman–Crippen MR) is 202 cm³/mol. The fourth-order valence-electron chi connectivity index (χ4n) is 5.72. The number of phenolic OH excluding ortho intramolecular Hbond substituents is 2. The second kappa shape index (κ2) is 19.1. The number of nitrogens with zero attached hydrogens (tertiary/aromatic N) is 3. The number of hydrogen-bond acceptors (Lipinski definition) is 8. The number of rotatable bonds is 20. The minimum absolute atomic E-state index is 0.215. The van der Waals surface area contributed by atoms with E-state index in [-0.39, 0.29) is 23.7 Å². The molecule has 4 N–H and O–H groups in total. The minimum atomic E-state index is 0.215. The predicted octanol–water partition coefficient (Wildman–Crippen LogP) is 12.3. The summed E-state index contributed by atoms with van der Waals surface area (Å²) in [6.07, 6.45) is 11.2. The average Bonchev–Trinajstić information content (AvgIpc) is 3.07. The number of unbranched alkanes of at least 4 members (excludes halogenated alkanes) is 5. The number of phenols is 2. The molecule has 0 saturated carbocycles. The van der Waals surface area contributed by atoms with Crippen molar-refractivity contribution >= 4 is 35.0 Å². The highest BCUT2D eigenvalue weighted by molar-refractivity contribution is 7.99. The van der Waals surface area contributed by atoms with Crippen molar-refractivity contribution in [3.63, 3.8) is 0 Å². The maximum Gasteiger partial charge on any atom is 0.233 e. The molecule has 0 aliphatic carbocycles. The lowest BCUT2D eigenvalue weighted by Gasteiger charge is -2.21. The van der Waals surface area contributed by atoms with Crippen molar-refractivity contribution in [2.24, 2.45) is 0 Å². The molecule has 0 aliphatic rings. The fourth-order valence-corrected chi connectivity index (χ4v) is 6.56. The number of hydrogen-bond donors (Lipinski definition) is 4. The molecule has 1 heterocycles. The van der Waals surface area contributed by atoms with Crippen LogP contribution in [-0.4, -0.2) is 30.9 Å². The van der Waals surface area contributed by atoms with Crippen molar-refractivity contribution in [3.8, 4) is 11.5 Å². The summed E-state index contributed by atoms with van der Waals surface area (Å²) >= 11 is 1.66. The third-order valence-corrected chi connectivity index (χ3v) is 10.7. The highest BCUT2D eigenvalue weighted by atomic mass is 32.2. The van der Waals surface area contributed by atoms with E-state index in [4.69, 9.17) is 15.0 Å². The molecule has 260 valence electrons. The molecule has 0 saturated heterocycles. The van der Waals surface area contributed by atoms with Gasteiger partial charge in [-0.1, -0.05) is 106 Å². The molecule has 4 unspecified atom stereocenters. The Hall–Kier alpha value is -3.00. The average molecular weight is 664 g/mol. The molecular weight excluding hydrogens is 603 g/mol. The van der Waals surface area contributed by atoms with E-state index in [0.29, 0.717) is 28.6 Å². The summed E-state index contributed by atoms with van der Waals surface area (Å²) < 4.78 is 0. The zero-order valence-electron chi connectivity index (χ0n) is 30.5. The Morgan fingerprint density at radius 1 is 0.553 bits per heavy atom. The first-order valence-electron chi connectivity index (χ1n) is 18.2. The Morgan fingerprint density at radius 3 is 1.28 bits per heavy atom. The molecular formula is C39H61N5O2S. The van der Waals surface area contributed by atoms with Gasteiger partial charge in [-0.05, 0) is 102 Å². The molecule has 7 nitrogen and oxygen atoms in total. The topological polar surface area (TPSA) is 103 Å². The van der Waals surface area contributed by atoms with E-state index < -0.39 is 0 Å². The number of benzene rings is 2. The second-order valence-corrected chi connectivity index (χ2v) is 14.4. The van der Waals surface area contributed by atoms with Crippen LogP contribution in [0, 0.1) is 0 Å². The Kier molecular flexibility index (Phi) is 15.6. The summed E-state index contributed by atoms with van der Waals surface area (Å²) in [7, 11) is 0. The molecule has 2 aromatic carbocycles. The maximum atomic E-state index is 11.2. The first-order chi connectivity index (χ1) is 22.6. The third kappa shape index (κ3) is 10.8. The molecule has 0 radical (unpaired) electrons. The molecule has 47 heavy (non-hydrogen) atoms. The van der Waals surface area contributed by atoms with Gasteiger partial charge in [0.1, 0.15) is 11.5 Å². The summed E-state index contributed by atoms with van der Waals surface area (Å²) in [5.41, 5.74) is 5.49. The van der Waals surface area contributed by atoms with Crippen molar-refractivity contribution in [2.75, 3.05) is 16.4 Å². The van der Waals surface area contributed by atoms with Gasteiger partial charge >= 0.3 is 0 Å². The van der Waals surface area contributed by atoms with Crippen LogP contribution in [0.15, 0.2) is 29.4 Å². The van der Waals surface area contributed by atoms with Crippen LogP contribution in [0.1, 0.15) is 172 Å². The van der Waals surface area contributed by atoms with Crippen LogP contribution in [0.4, 0.5) is 23.3 Å². The first kappa shape index (κ1) is 38.4. The number of aromatic nitrogens is 3. The Bertz CT molecular complexity index is 1260. The summed E-state index contributed by atoms with van der Waals surface area (Å²) in [4.78, 5) is 14.5. The van der Waals surface area contributed by atoms with E-state index in [9.17, 15) is 10.2 Å². The molecule has 3 aromatic rings.